The lowest BCUT2D eigenvalue weighted by Crippen LogP contribution is -2.39. The van der Waals surface area contributed by atoms with E-state index in [9.17, 15) is 5.11 Å². The van der Waals surface area contributed by atoms with Gasteiger partial charge in [0.05, 0.1) is 5.60 Å². The van der Waals surface area contributed by atoms with E-state index in [0.29, 0.717) is 5.92 Å². The van der Waals surface area contributed by atoms with Gasteiger partial charge in [-0.2, -0.15) is 0 Å². The minimum atomic E-state index is -0.383. The summed E-state index contributed by atoms with van der Waals surface area (Å²) in [5.41, 5.74) is -0.383. The van der Waals surface area contributed by atoms with Crippen molar-refractivity contribution in [3.63, 3.8) is 0 Å². The molecule has 1 aliphatic carbocycles. The number of aliphatic hydroxyl groups is 1. The van der Waals surface area contributed by atoms with Crippen LogP contribution in [0.1, 0.15) is 45.4 Å². The number of allylic oxidation sites excluding steroid dienone is 1. The first kappa shape index (κ1) is 9.79. The predicted molar refractivity (Wildman–Crippen MR) is 52.0 cm³/mol. The van der Waals surface area contributed by atoms with Crippen molar-refractivity contribution in [3.8, 4) is 0 Å². The Balaban J connectivity index is 2.59. The second-order valence-electron chi connectivity index (χ2n) is 3.92. The van der Waals surface area contributed by atoms with E-state index >= 15 is 0 Å². The quantitative estimate of drug-likeness (QED) is 0.642. The molecule has 0 aromatic rings. The monoisotopic (exact) mass is 168 g/mol. The number of hydrogen-bond donors (Lipinski definition) is 1. The third-order valence-electron chi connectivity index (χ3n) is 3.24. The molecule has 1 fully saturated rings. The van der Waals surface area contributed by atoms with Gasteiger partial charge in [-0.3, -0.25) is 0 Å². The summed E-state index contributed by atoms with van der Waals surface area (Å²) in [6.07, 6.45) is 8.45. The van der Waals surface area contributed by atoms with E-state index in [1.807, 2.05) is 6.08 Å². The molecule has 70 valence electrons. The molecular formula is C11H20O. The highest BCUT2D eigenvalue weighted by Gasteiger charge is 2.35. The lowest BCUT2D eigenvalue weighted by atomic mass is 9.72. The molecule has 2 unspecified atom stereocenters. The van der Waals surface area contributed by atoms with Crippen molar-refractivity contribution < 1.29 is 5.11 Å². The Bertz CT molecular complexity index is 153. The molecule has 0 bridgehead atoms. The Hall–Kier alpha value is -0.300. The lowest BCUT2D eigenvalue weighted by Gasteiger charge is -2.39. The highest BCUT2D eigenvalue weighted by atomic mass is 16.3. The molecule has 0 spiro atoms. The minimum Gasteiger partial charge on any atom is -0.390 e. The summed E-state index contributed by atoms with van der Waals surface area (Å²) in [4.78, 5) is 0. The van der Waals surface area contributed by atoms with Crippen molar-refractivity contribution in [2.24, 2.45) is 5.92 Å². The molecule has 1 nitrogen and oxygen atoms in total. The van der Waals surface area contributed by atoms with E-state index < -0.39 is 0 Å². The standard InChI is InChI=1S/C11H20O/c1-3-7-10-8-5-6-9-11(10,12)4-2/h3,10,12H,1,4-9H2,2H3. The Morgan fingerprint density at radius 3 is 2.92 bits per heavy atom. The van der Waals surface area contributed by atoms with Crippen molar-refractivity contribution >= 4 is 0 Å². The smallest absolute Gasteiger partial charge is 0.0676 e. The highest BCUT2D eigenvalue weighted by Crippen LogP contribution is 2.38. The molecule has 0 aliphatic heterocycles. The Morgan fingerprint density at radius 2 is 2.33 bits per heavy atom. The summed E-state index contributed by atoms with van der Waals surface area (Å²) in [7, 11) is 0. The molecule has 1 aliphatic rings. The average Bonchev–Trinajstić information content (AvgIpc) is 2.10. The van der Waals surface area contributed by atoms with Crippen LogP contribution in [0.25, 0.3) is 0 Å². The predicted octanol–water partition coefficient (Wildman–Crippen LogP) is 2.89. The van der Waals surface area contributed by atoms with Gasteiger partial charge >= 0.3 is 0 Å². The second kappa shape index (κ2) is 4.08. The molecule has 1 heteroatoms. The minimum absolute atomic E-state index is 0.383. The Morgan fingerprint density at radius 1 is 1.58 bits per heavy atom. The normalized spacial score (nSPS) is 36.3. The Kier molecular flexibility index (Phi) is 3.33. The fraction of sp³-hybridized carbons (Fsp3) is 0.818. The summed E-state index contributed by atoms with van der Waals surface area (Å²) >= 11 is 0. The van der Waals surface area contributed by atoms with E-state index in [1.165, 1.54) is 19.3 Å². The summed E-state index contributed by atoms with van der Waals surface area (Å²) in [5.74, 6) is 0.466. The van der Waals surface area contributed by atoms with Crippen LogP contribution in [0, 0.1) is 5.92 Å². The lowest BCUT2D eigenvalue weighted by molar-refractivity contribution is -0.0500. The molecule has 1 saturated carbocycles. The summed E-state index contributed by atoms with van der Waals surface area (Å²) in [6.45, 7) is 5.83. The number of rotatable bonds is 3. The third-order valence-corrected chi connectivity index (χ3v) is 3.24. The van der Waals surface area contributed by atoms with Crippen LogP contribution in [0.5, 0.6) is 0 Å². The summed E-state index contributed by atoms with van der Waals surface area (Å²) in [6, 6.07) is 0. The van der Waals surface area contributed by atoms with Crippen LogP contribution in [-0.4, -0.2) is 10.7 Å². The first-order chi connectivity index (χ1) is 5.73. The average molecular weight is 168 g/mol. The zero-order chi connectivity index (χ0) is 9.03. The van der Waals surface area contributed by atoms with Gasteiger partial charge in [-0.1, -0.05) is 25.8 Å². The molecule has 0 saturated heterocycles. The molecule has 1 N–H and O–H groups in total. The van der Waals surface area contributed by atoms with Gasteiger partial charge in [0.15, 0.2) is 0 Å². The van der Waals surface area contributed by atoms with Gasteiger partial charge in [-0.05, 0) is 31.6 Å². The van der Waals surface area contributed by atoms with Gasteiger partial charge in [0.1, 0.15) is 0 Å². The molecule has 0 amide bonds. The van der Waals surface area contributed by atoms with E-state index in [2.05, 4.69) is 13.5 Å². The third kappa shape index (κ3) is 1.89. The molecule has 0 aromatic heterocycles. The van der Waals surface area contributed by atoms with Crippen LogP contribution in [0.15, 0.2) is 12.7 Å². The fourth-order valence-electron chi connectivity index (χ4n) is 2.30. The summed E-state index contributed by atoms with van der Waals surface area (Å²) < 4.78 is 0. The number of hydrogen-bond acceptors (Lipinski definition) is 1. The van der Waals surface area contributed by atoms with Gasteiger partial charge in [-0.25, -0.2) is 0 Å². The molecule has 2 atom stereocenters. The van der Waals surface area contributed by atoms with Gasteiger partial charge in [0, 0.05) is 0 Å². The molecule has 1 rings (SSSR count). The Labute approximate surface area is 75.5 Å². The van der Waals surface area contributed by atoms with E-state index in [0.717, 1.165) is 19.3 Å². The van der Waals surface area contributed by atoms with Crippen molar-refractivity contribution in [2.75, 3.05) is 0 Å². The van der Waals surface area contributed by atoms with Crippen molar-refractivity contribution in [1.29, 1.82) is 0 Å². The van der Waals surface area contributed by atoms with Crippen LogP contribution in [0.3, 0.4) is 0 Å². The van der Waals surface area contributed by atoms with E-state index in [-0.39, 0.29) is 5.60 Å². The van der Waals surface area contributed by atoms with Crippen LogP contribution in [0.4, 0.5) is 0 Å². The first-order valence-corrected chi connectivity index (χ1v) is 5.06. The van der Waals surface area contributed by atoms with Crippen LogP contribution < -0.4 is 0 Å². The van der Waals surface area contributed by atoms with Crippen molar-refractivity contribution in [1.82, 2.24) is 0 Å². The first-order valence-electron chi connectivity index (χ1n) is 5.06. The molecule has 0 heterocycles. The van der Waals surface area contributed by atoms with E-state index in [4.69, 9.17) is 0 Å². The highest BCUT2D eigenvalue weighted by molar-refractivity contribution is 4.91. The van der Waals surface area contributed by atoms with Crippen molar-refractivity contribution in [3.05, 3.63) is 12.7 Å². The molecule has 12 heavy (non-hydrogen) atoms. The maximum absolute atomic E-state index is 10.2. The zero-order valence-corrected chi connectivity index (χ0v) is 8.05. The van der Waals surface area contributed by atoms with Gasteiger partial charge in [0.2, 0.25) is 0 Å². The van der Waals surface area contributed by atoms with Gasteiger partial charge in [0.25, 0.3) is 0 Å². The maximum atomic E-state index is 10.2. The van der Waals surface area contributed by atoms with Gasteiger partial charge in [-0.15, -0.1) is 6.58 Å². The molecule has 0 aromatic carbocycles. The van der Waals surface area contributed by atoms with Crippen LogP contribution in [-0.2, 0) is 0 Å². The van der Waals surface area contributed by atoms with Crippen LogP contribution in [0.2, 0.25) is 0 Å². The van der Waals surface area contributed by atoms with Gasteiger partial charge < -0.3 is 5.11 Å². The largest absolute Gasteiger partial charge is 0.390 e. The molecular weight excluding hydrogens is 148 g/mol. The van der Waals surface area contributed by atoms with E-state index in [1.54, 1.807) is 0 Å². The molecule has 0 radical (unpaired) electrons. The SMILES string of the molecule is C=CCC1CCCCC1(O)CC. The fourth-order valence-corrected chi connectivity index (χ4v) is 2.30. The maximum Gasteiger partial charge on any atom is 0.0676 e. The summed E-state index contributed by atoms with van der Waals surface area (Å²) in [5, 5.41) is 10.2. The zero-order valence-electron chi connectivity index (χ0n) is 8.05. The van der Waals surface area contributed by atoms with Crippen molar-refractivity contribution in [2.45, 2.75) is 51.0 Å². The second-order valence-corrected chi connectivity index (χ2v) is 3.92. The topological polar surface area (TPSA) is 20.2 Å². The van der Waals surface area contributed by atoms with Crippen LogP contribution >= 0.6 is 0 Å².